The monoisotopic (exact) mass is 363 g/mol. The molecular formula is C22H21NO4. The van der Waals surface area contributed by atoms with Gasteiger partial charge in [-0.1, -0.05) is 37.3 Å². The van der Waals surface area contributed by atoms with E-state index in [1.165, 1.54) is 0 Å². The molecule has 2 aliphatic rings. The second-order valence-electron chi connectivity index (χ2n) is 6.82. The van der Waals surface area contributed by atoms with Gasteiger partial charge in [0.15, 0.2) is 0 Å². The zero-order valence-corrected chi connectivity index (χ0v) is 15.1. The molecule has 0 spiro atoms. The number of nitrogens with zero attached hydrogens (tertiary/aromatic N) is 1. The molecule has 2 aliphatic heterocycles. The molecule has 2 aromatic carbocycles. The molecule has 1 saturated heterocycles. The van der Waals surface area contributed by atoms with Gasteiger partial charge in [0.2, 0.25) is 0 Å². The second-order valence-corrected chi connectivity index (χ2v) is 6.82. The van der Waals surface area contributed by atoms with Crippen molar-refractivity contribution >= 4 is 17.4 Å². The number of ketones is 1. The average Bonchev–Trinajstić information content (AvgIpc) is 3.26. The van der Waals surface area contributed by atoms with Gasteiger partial charge in [-0.15, -0.1) is 0 Å². The summed E-state index contributed by atoms with van der Waals surface area (Å²) in [5.74, 6) is -0.517. The van der Waals surface area contributed by atoms with Crippen LogP contribution in [-0.2, 0) is 16.0 Å². The van der Waals surface area contributed by atoms with Gasteiger partial charge in [0, 0.05) is 18.5 Å². The Hall–Kier alpha value is -3.08. The summed E-state index contributed by atoms with van der Waals surface area (Å²) in [6, 6.07) is 14.2. The summed E-state index contributed by atoms with van der Waals surface area (Å²) >= 11 is 0. The number of ether oxygens (including phenoxy) is 1. The zero-order chi connectivity index (χ0) is 19.0. The number of aliphatic hydroxyl groups excluding tert-OH is 1. The standard InChI is InChI=1S/C22H21NO4/c1-2-11-23-19(14-6-4-3-5-7-14)18(21(25)22(23)26)20(24)16-8-9-17-15(13-16)10-12-27-17/h3-9,13,19,24H,2,10-12H2,1H3/b20-18-. The molecule has 0 saturated carbocycles. The molecule has 1 N–H and O–H groups in total. The van der Waals surface area contributed by atoms with Gasteiger partial charge in [0.25, 0.3) is 11.7 Å². The van der Waals surface area contributed by atoms with E-state index in [9.17, 15) is 14.7 Å². The summed E-state index contributed by atoms with van der Waals surface area (Å²) in [4.78, 5) is 27.0. The third-order valence-electron chi connectivity index (χ3n) is 5.08. The molecule has 1 unspecified atom stereocenters. The van der Waals surface area contributed by atoms with Crippen LogP contribution in [0.1, 0.15) is 36.1 Å². The van der Waals surface area contributed by atoms with Crippen LogP contribution in [-0.4, -0.2) is 34.8 Å². The molecule has 27 heavy (non-hydrogen) atoms. The molecule has 1 atom stereocenters. The lowest BCUT2D eigenvalue weighted by Crippen LogP contribution is -2.30. The number of Topliss-reactive ketones (excluding diaryl/α,β-unsaturated/α-hetero) is 1. The minimum absolute atomic E-state index is 0.129. The fourth-order valence-corrected chi connectivity index (χ4v) is 3.82. The van der Waals surface area contributed by atoms with Crippen molar-refractivity contribution in [1.29, 1.82) is 0 Å². The van der Waals surface area contributed by atoms with E-state index >= 15 is 0 Å². The fourth-order valence-electron chi connectivity index (χ4n) is 3.82. The number of fused-ring (bicyclic) bond motifs is 1. The van der Waals surface area contributed by atoms with Gasteiger partial charge < -0.3 is 14.7 Å². The van der Waals surface area contributed by atoms with E-state index in [4.69, 9.17) is 4.74 Å². The molecule has 0 aliphatic carbocycles. The number of hydrogen-bond donors (Lipinski definition) is 1. The second kappa shape index (κ2) is 6.91. The van der Waals surface area contributed by atoms with Crippen LogP contribution in [0.25, 0.3) is 5.76 Å². The third kappa shape index (κ3) is 2.89. The van der Waals surface area contributed by atoms with Crippen molar-refractivity contribution < 1.29 is 19.4 Å². The van der Waals surface area contributed by atoms with E-state index < -0.39 is 17.7 Å². The highest BCUT2D eigenvalue weighted by atomic mass is 16.5. The molecule has 2 aromatic rings. The Balaban J connectivity index is 1.86. The lowest BCUT2D eigenvalue weighted by Gasteiger charge is -2.24. The van der Waals surface area contributed by atoms with Gasteiger partial charge in [-0.2, -0.15) is 0 Å². The molecule has 0 aromatic heterocycles. The van der Waals surface area contributed by atoms with Crippen LogP contribution >= 0.6 is 0 Å². The van der Waals surface area contributed by atoms with Crippen molar-refractivity contribution in [3.05, 3.63) is 70.8 Å². The summed E-state index contributed by atoms with van der Waals surface area (Å²) < 4.78 is 5.51. The number of carbonyl (C=O) groups is 2. The maximum atomic E-state index is 12.8. The number of carbonyl (C=O) groups excluding carboxylic acids is 2. The molecule has 1 amide bonds. The van der Waals surface area contributed by atoms with Crippen LogP contribution in [0.15, 0.2) is 54.1 Å². The highest BCUT2D eigenvalue weighted by molar-refractivity contribution is 6.46. The van der Waals surface area contributed by atoms with Gasteiger partial charge in [-0.05, 0) is 35.7 Å². The maximum absolute atomic E-state index is 12.8. The average molecular weight is 363 g/mol. The normalized spacial score (nSPS) is 20.6. The molecule has 4 rings (SSSR count). The Bertz CT molecular complexity index is 933. The summed E-state index contributed by atoms with van der Waals surface area (Å²) in [5, 5.41) is 11.0. The molecule has 0 radical (unpaired) electrons. The Morgan fingerprint density at radius 1 is 1.19 bits per heavy atom. The van der Waals surface area contributed by atoms with Crippen LogP contribution in [0, 0.1) is 0 Å². The molecule has 5 nitrogen and oxygen atoms in total. The largest absolute Gasteiger partial charge is 0.507 e. The van der Waals surface area contributed by atoms with Crippen molar-refractivity contribution in [1.82, 2.24) is 4.90 Å². The highest BCUT2D eigenvalue weighted by Crippen LogP contribution is 2.40. The quantitative estimate of drug-likeness (QED) is 0.513. The molecule has 0 bridgehead atoms. The molecule has 5 heteroatoms. The number of amides is 1. The number of likely N-dealkylation sites (tertiary alicyclic amines) is 1. The summed E-state index contributed by atoms with van der Waals surface area (Å²) in [7, 11) is 0. The summed E-state index contributed by atoms with van der Waals surface area (Å²) in [6.07, 6.45) is 1.50. The first kappa shape index (κ1) is 17.3. The Kier molecular flexibility index (Phi) is 4.44. The number of aliphatic hydroxyl groups is 1. The van der Waals surface area contributed by atoms with Crippen LogP contribution in [0.4, 0.5) is 0 Å². The van der Waals surface area contributed by atoms with E-state index in [0.29, 0.717) is 18.7 Å². The van der Waals surface area contributed by atoms with Crippen molar-refractivity contribution in [2.24, 2.45) is 0 Å². The maximum Gasteiger partial charge on any atom is 0.295 e. The first-order valence-electron chi connectivity index (χ1n) is 9.21. The SMILES string of the molecule is CCCN1C(=O)C(=O)/C(=C(\O)c2ccc3c(c2)CCO3)C1c1ccccc1. The highest BCUT2D eigenvalue weighted by Gasteiger charge is 2.45. The zero-order valence-electron chi connectivity index (χ0n) is 15.1. The van der Waals surface area contributed by atoms with Crippen molar-refractivity contribution in [2.45, 2.75) is 25.8 Å². The van der Waals surface area contributed by atoms with E-state index in [2.05, 4.69) is 0 Å². The predicted octanol–water partition coefficient (Wildman–Crippen LogP) is 3.45. The minimum atomic E-state index is -0.633. The number of rotatable bonds is 4. The van der Waals surface area contributed by atoms with E-state index in [1.807, 2.05) is 43.3 Å². The van der Waals surface area contributed by atoms with Crippen molar-refractivity contribution in [2.75, 3.05) is 13.2 Å². The topological polar surface area (TPSA) is 66.8 Å². The Labute approximate surface area is 157 Å². The lowest BCUT2D eigenvalue weighted by atomic mass is 9.94. The van der Waals surface area contributed by atoms with Crippen LogP contribution in [0.5, 0.6) is 5.75 Å². The minimum Gasteiger partial charge on any atom is -0.507 e. The predicted molar refractivity (Wildman–Crippen MR) is 101 cm³/mol. The lowest BCUT2D eigenvalue weighted by molar-refractivity contribution is -0.139. The van der Waals surface area contributed by atoms with Crippen LogP contribution in [0.2, 0.25) is 0 Å². The molecule has 1 fully saturated rings. The van der Waals surface area contributed by atoms with Gasteiger partial charge >= 0.3 is 0 Å². The molecular weight excluding hydrogens is 342 g/mol. The smallest absolute Gasteiger partial charge is 0.295 e. The number of benzene rings is 2. The summed E-state index contributed by atoms with van der Waals surface area (Å²) in [5.41, 5.74) is 2.50. The van der Waals surface area contributed by atoms with E-state index in [1.54, 1.807) is 17.0 Å². The van der Waals surface area contributed by atoms with Crippen molar-refractivity contribution in [3.8, 4) is 5.75 Å². The number of hydrogen-bond acceptors (Lipinski definition) is 4. The first-order valence-corrected chi connectivity index (χ1v) is 9.21. The molecule has 138 valence electrons. The van der Waals surface area contributed by atoms with E-state index in [0.717, 1.165) is 29.7 Å². The first-order chi connectivity index (χ1) is 13.1. The summed E-state index contributed by atoms with van der Waals surface area (Å²) in [6.45, 7) is 3.03. The van der Waals surface area contributed by atoms with Crippen molar-refractivity contribution in [3.63, 3.8) is 0 Å². The van der Waals surface area contributed by atoms with Gasteiger partial charge in [0.05, 0.1) is 18.2 Å². The fraction of sp³-hybridized carbons (Fsp3) is 0.273. The van der Waals surface area contributed by atoms with Crippen LogP contribution < -0.4 is 4.74 Å². The van der Waals surface area contributed by atoms with E-state index in [-0.39, 0.29) is 11.3 Å². The Morgan fingerprint density at radius 2 is 1.96 bits per heavy atom. The molecule has 2 heterocycles. The van der Waals surface area contributed by atoms with Gasteiger partial charge in [-0.25, -0.2) is 0 Å². The third-order valence-corrected chi connectivity index (χ3v) is 5.08. The Morgan fingerprint density at radius 3 is 2.70 bits per heavy atom. The van der Waals surface area contributed by atoms with Gasteiger partial charge in [-0.3, -0.25) is 9.59 Å². The van der Waals surface area contributed by atoms with Gasteiger partial charge in [0.1, 0.15) is 11.5 Å². The van der Waals surface area contributed by atoms with Crippen LogP contribution in [0.3, 0.4) is 0 Å².